The van der Waals surface area contributed by atoms with Crippen molar-refractivity contribution in [3.8, 4) is 5.75 Å². The number of hydrogen-bond donors (Lipinski definition) is 2. The molecule has 1 aliphatic rings. The van der Waals surface area contributed by atoms with Crippen molar-refractivity contribution in [1.82, 2.24) is 5.32 Å². The van der Waals surface area contributed by atoms with Crippen LogP contribution in [0.5, 0.6) is 5.75 Å². The zero-order valence-electron chi connectivity index (χ0n) is 11.4. The largest absolute Gasteiger partial charge is 0.494 e. The number of halogens is 1. The molecule has 108 valence electrons. The summed E-state index contributed by atoms with van der Waals surface area (Å²) >= 11 is 0. The third-order valence-corrected chi connectivity index (χ3v) is 3.48. The lowest BCUT2D eigenvalue weighted by Crippen LogP contribution is -2.47. The van der Waals surface area contributed by atoms with Gasteiger partial charge in [-0.1, -0.05) is 6.07 Å². The molecule has 1 fully saturated rings. The van der Waals surface area contributed by atoms with Crippen LogP contribution in [0.4, 0.5) is 4.39 Å². The van der Waals surface area contributed by atoms with Crippen LogP contribution in [0.2, 0.25) is 0 Å². The molecule has 4 nitrogen and oxygen atoms in total. The van der Waals surface area contributed by atoms with Crippen LogP contribution in [0, 0.1) is 5.82 Å². The maximum Gasteiger partial charge on any atom is 0.244 e. The molecule has 0 radical (unpaired) electrons. The van der Waals surface area contributed by atoms with Crippen molar-refractivity contribution < 1.29 is 19.0 Å². The molecule has 2 N–H and O–H groups in total. The van der Waals surface area contributed by atoms with Crippen LogP contribution in [0.25, 0.3) is 6.08 Å². The summed E-state index contributed by atoms with van der Waals surface area (Å²) in [5.74, 6) is -0.612. The average Bonchev–Trinajstić information content (AvgIpc) is 2.41. The van der Waals surface area contributed by atoms with E-state index < -0.39 is 11.4 Å². The third kappa shape index (κ3) is 3.57. The number of benzene rings is 1. The second-order valence-electron chi connectivity index (χ2n) is 5.02. The summed E-state index contributed by atoms with van der Waals surface area (Å²) in [6.45, 7) is 0.257. The van der Waals surface area contributed by atoms with E-state index in [4.69, 9.17) is 4.74 Å². The summed E-state index contributed by atoms with van der Waals surface area (Å²) in [5.41, 5.74) is -0.170. The highest BCUT2D eigenvalue weighted by molar-refractivity contribution is 5.91. The van der Waals surface area contributed by atoms with Crippen LogP contribution in [0.3, 0.4) is 0 Å². The van der Waals surface area contributed by atoms with Crippen LogP contribution in [-0.2, 0) is 4.79 Å². The Morgan fingerprint density at radius 2 is 2.30 bits per heavy atom. The summed E-state index contributed by atoms with van der Waals surface area (Å²) < 4.78 is 18.3. The smallest absolute Gasteiger partial charge is 0.244 e. The van der Waals surface area contributed by atoms with Crippen LogP contribution < -0.4 is 10.1 Å². The van der Waals surface area contributed by atoms with Gasteiger partial charge < -0.3 is 15.2 Å². The van der Waals surface area contributed by atoms with Crippen molar-refractivity contribution in [2.24, 2.45) is 0 Å². The molecule has 1 saturated carbocycles. The zero-order chi connectivity index (χ0) is 14.6. The first-order valence-corrected chi connectivity index (χ1v) is 6.54. The minimum Gasteiger partial charge on any atom is -0.494 e. The normalized spacial score (nSPS) is 16.8. The van der Waals surface area contributed by atoms with Gasteiger partial charge >= 0.3 is 0 Å². The Balaban J connectivity index is 1.88. The fraction of sp³-hybridized carbons (Fsp3) is 0.400. The molecule has 1 aromatic rings. The quantitative estimate of drug-likeness (QED) is 0.809. The van der Waals surface area contributed by atoms with Crippen molar-refractivity contribution in [2.75, 3.05) is 13.7 Å². The molecule has 20 heavy (non-hydrogen) atoms. The number of ether oxygens (including phenoxy) is 1. The molecule has 1 aliphatic carbocycles. The summed E-state index contributed by atoms with van der Waals surface area (Å²) in [6.07, 6.45) is 5.28. The van der Waals surface area contributed by atoms with Gasteiger partial charge in [-0.2, -0.15) is 0 Å². The van der Waals surface area contributed by atoms with E-state index in [1.54, 1.807) is 6.07 Å². The van der Waals surface area contributed by atoms with Crippen LogP contribution in [0.1, 0.15) is 24.8 Å². The Hall–Kier alpha value is -1.88. The first-order valence-electron chi connectivity index (χ1n) is 6.54. The van der Waals surface area contributed by atoms with Gasteiger partial charge in [0, 0.05) is 12.6 Å². The predicted molar refractivity (Wildman–Crippen MR) is 73.8 cm³/mol. The van der Waals surface area contributed by atoms with Gasteiger partial charge in [-0.3, -0.25) is 4.79 Å². The van der Waals surface area contributed by atoms with Gasteiger partial charge in [0.25, 0.3) is 0 Å². The lowest BCUT2D eigenvalue weighted by molar-refractivity contribution is -0.118. The third-order valence-electron chi connectivity index (χ3n) is 3.48. The van der Waals surface area contributed by atoms with Crippen molar-refractivity contribution in [3.63, 3.8) is 0 Å². The summed E-state index contributed by atoms with van der Waals surface area (Å²) in [7, 11) is 1.40. The van der Waals surface area contributed by atoms with Gasteiger partial charge in [-0.05, 0) is 43.0 Å². The molecule has 1 aromatic carbocycles. The standard InChI is InChI=1S/C15H18FNO3/c1-20-13-5-3-11(9-12(13)16)4-6-14(18)17-10-15(19)7-2-8-15/h3-6,9,19H,2,7-8,10H2,1H3,(H,17,18). The number of hydrogen-bond acceptors (Lipinski definition) is 3. The first kappa shape index (κ1) is 14.5. The Morgan fingerprint density at radius 3 is 2.85 bits per heavy atom. The van der Waals surface area contributed by atoms with Gasteiger partial charge in [0.15, 0.2) is 11.6 Å². The average molecular weight is 279 g/mol. The maximum atomic E-state index is 13.4. The summed E-state index contributed by atoms with van der Waals surface area (Å²) in [5, 5.41) is 12.5. The van der Waals surface area contributed by atoms with Crippen LogP contribution in [-0.4, -0.2) is 30.3 Å². The first-order chi connectivity index (χ1) is 9.52. The Labute approximate surface area is 117 Å². The van der Waals surface area contributed by atoms with E-state index in [-0.39, 0.29) is 18.2 Å². The van der Waals surface area contributed by atoms with Gasteiger partial charge in [-0.25, -0.2) is 4.39 Å². The molecule has 5 heteroatoms. The number of carbonyl (C=O) groups is 1. The highest BCUT2D eigenvalue weighted by atomic mass is 19.1. The maximum absolute atomic E-state index is 13.4. The lowest BCUT2D eigenvalue weighted by atomic mass is 9.80. The van der Waals surface area contributed by atoms with Gasteiger partial charge in [0.1, 0.15) is 0 Å². The minimum atomic E-state index is -0.740. The molecule has 0 bridgehead atoms. The van der Waals surface area contributed by atoms with E-state index >= 15 is 0 Å². The number of methoxy groups -OCH3 is 1. The van der Waals surface area contributed by atoms with E-state index in [1.807, 2.05) is 0 Å². The second-order valence-corrected chi connectivity index (χ2v) is 5.02. The SMILES string of the molecule is COc1ccc(C=CC(=O)NCC2(O)CCC2)cc1F. The molecule has 2 rings (SSSR count). The molecule has 0 spiro atoms. The highest BCUT2D eigenvalue weighted by Crippen LogP contribution is 2.30. The van der Waals surface area contributed by atoms with Crippen LogP contribution >= 0.6 is 0 Å². The van der Waals surface area contributed by atoms with E-state index in [2.05, 4.69) is 5.32 Å². The molecule has 0 atom stereocenters. The molecule has 0 unspecified atom stereocenters. The number of aliphatic hydroxyl groups is 1. The van der Waals surface area contributed by atoms with Gasteiger partial charge in [0.2, 0.25) is 5.91 Å². The second kappa shape index (κ2) is 6.05. The molecular formula is C15H18FNO3. The van der Waals surface area contributed by atoms with Gasteiger partial charge in [0.05, 0.1) is 12.7 Å². The molecule has 0 heterocycles. The predicted octanol–water partition coefficient (Wildman–Crippen LogP) is 1.88. The fourth-order valence-electron chi connectivity index (χ4n) is 2.03. The van der Waals surface area contributed by atoms with Crippen molar-refractivity contribution in [3.05, 3.63) is 35.7 Å². The molecular weight excluding hydrogens is 261 g/mol. The summed E-state index contributed by atoms with van der Waals surface area (Å²) in [6, 6.07) is 4.46. The summed E-state index contributed by atoms with van der Waals surface area (Å²) in [4.78, 5) is 11.6. The molecule has 1 amide bonds. The highest BCUT2D eigenvalue weighted by Gasteiger charge is 2.34. The van der Waals surface area contributed by atoms with E-state index in [0.29, 0.717) is 5.56 Å². The topological polar surface area (TPSA) is 58.6 Å². The number of rotatable bonds is 5. The Morgan fingerprint density at radius 1 is 1.55 bits per heavy atom. The number of carbonyl (C=O) groups excluding carboxylic acids is 1. The number of amides is 1. The fourth-order valence-corrected chi connectivity index (χ4v) is 2.03. The minimum absolute atomic E-state index is 0.166. The van der Waals surface area contributed by atoms with E-state index in [1.165, 1.54) is 31.4 Å². The van der Waals surface area contributed by atoms with Crippen molar-refractivity contribution in [2.45, 2.75) is 24.9 Å². The van der Waals surface area contributed by atoms with Crippen molar-refractivity contribution >= 4 is 12.0 Å². The molecule has 0 aromatic heterocycles. The van der Waals surface area contributed by atoms with Crippen molar-refractivity contribution in [1.29, 1.82) is 0 Å². The van der Waals surface area contributed by atoms with Gasteiger partial charge in [-0.15, -0.1) is 0 Å². The monoisotopic (exact) mass is 279 g/mol. The Kier molecular flexibility index (Phi) is 4.39. The van der Waals surface area contributed by atoms with E-state index in [9.17, 15) is 14.3 Å². The number of nitrogens with one attached hydrogen (secondary N) is 1. The lowest BCUT2D eigenvalue weighted by Gasteiger charge is -2.36. The molecule has 0 aliphatic heterocycles. The molecule has 0 saturated heterocycles. The Bertz CT molecular complexity index is 524. The van der Waals surface area contributed by atoms with Crippen LogP contribution in [0.15, 0.2) is 24.3 Å². The zero-order valence-corrected chi connectivity index (χ0v) is 11.4. The van der Waals surface area contributed by atoms with E-state index in [0.717, 1.165) is 19.3 Å².